The van der Waals surface area contributed by atoms with Gasteiger partial charge in [0, 0.05) is 45.2 Å². The van der Waals surface area contributed by atoms with Crippen LogP contribution in [0.25, 0.3) is 22.6 Å². The van der Waals surface area contributed by atoms with Gasteiger partial charge >= 0.3 is 35.8 Å². The first-order chi connectivity index (χ1) is 48.3. The summed E-state index contributed by atoms with van der Waals surface area (Å²) in [5.41, 5.74) is 23.1. The number of aliphatic hydroxyl groups is 2. The maximum atomic E-state index is 12.4. The molecule has 2 saturated carbocycles. The van der Waals surface area contributed by atoms with Gasteiger partial charge in [0.15, 0.2) is 48.3 Å². The molecule has 2 saturated heterocycles. The Kier molecular flexibility index (Phi) is 29.2. The average Bonchev–Trinajstić information content (AvgIpc) is 1.66. The van der Waals surface area contributed by atoms with Crippen LogP contribution in [0, 0.1) is 23.7 Å². The minimum absolute atomic E-state index is 0. The molecule has 103 heavy (non-hydrogen) atoms. The SMILES string of the molecule is C/C=C(/C)C(=O)OC1C(O)C(C)OC(OC(C)(C)C2CC=C(C)CC2)C1OC(C)=O.CC(=O)OC1C(OC(C)(C)C2CC=C(C)CC2)OC(C)C(O)C1OC(=O)C=C(C)C.NC1(C(=O)O)CC2CCC1C2.Nc1cc(COc2c(Cl)cc(C[C@H](N)C(=O)O)cc2Cl)c2oc(-c3ccccc3)nc2c1.[HH].[HH]. The van der Waals surface area contributed by atoms with Gasteiger partial charge in [-0.15, -0.1) is 0 Å². The van der Waals surface area contributed by atoms with Gasteiger partial charge in [0.2, 0.25) is 5.89 Å². The number of hydrogen-bond acceptors (Lipinski definition) is 22. The second-order valence-electron chi connectivity index (χ2n) is 29.2. The van der Waals surface area contributed by atoms with Crippen LogP contribution in [-0.4, -0.2) is 145 Å². The number of halogens is 2. The van der Waals surface area contributed by atoms with E-state index in [9.17, 15) is 39.0 Å². The first-order valence-corrected chi connectivity index (χ1v) is 35.8. The van der Waals surface area contributed by atoms with E-state index in [2.05, 4.69) is 31.0 Å². The molecule has 16 atom stereocenters. The zero-order valence-corrected chi connectivity index (χ0v) is 62.9. The number of aliphatic hydroxyl groups excluding tert-OH is 2. The molecule has 26 heteroatoms. The van der Waals surface area contributed by atoms with E-state index in [1.54, 1.807) is 71.9 Å². The second-order valence-corrected chi connectivity index (χ2v) is 30.0. The van der Waals surface area contributed by atoms with Gasteiger partial charge in [-0.1, -0.05) is 82.8 Å². The normalized spacial score (nSPS) is 27.8. The van der Waals surface area contributed by atoms with E-state index in [4.69, 9.17) is 97.7 Å². The molecule has 0 amide bonds. The molecule has 6 aliphatic rings. The van der Waals surface area contributed by atoms with Crippen LogP contribution in [0.3, 0.4) is 0 Å². The van der Waals surface area contributed by atoms with Gasteiger partial charge in [-0.25, -0.2) is 14.6 Å². The van der Waals surface area contributed by atoms with Gasteiger partial charge in [-0.3, -0.25) is 19.2 Å². The van der Waals surface area contributed by atoms with Crippen molar-refractivity contribution in [3.05, 3.63) is 122 Å². The van der Waals surface area contributed by atoms with Crippen LogP contribution in [0.5, 0.6) is 5.75 Å². The highest BCUT2D eigenvalue weighted by molar-refractivity contribution is 6.37. The Balaban J connectivity index is 0.000000260. The molecule has 24 nitrogen and oxygen atoms in total. The van der Waals surface area contributed by atoms with Crippen LogP contribution in [0.15, 0.2) is 106 Å². The molecule has 3 aromatic carbocycles. The summed E-state index contributed by atoms with van der Waals surface area (Å²) in [6.45, 7) is 25.0. The van der Waals surface area contributed by atoms with E-state index in [0.717, 1.165) is 62.5 Å². The number of nitrogen functional groups attached to an aromatic ring is 1. The smallest absolute Gasteiger partial charge is 0.333 e. The highest BCUT2D eigenvalue weighted by Gasteiger charge is 2.55. The number of allylic oxidation sites excluding steroid dienone is 6. The molecule has 0 radical (unpaired) electrons. The van der Waals surface area contributed by atoms with Crippen molar-refractivity contribution >= 4 is 75.8 Å². The van der Waals surface area contributed by atoms with Gasteiger partial charge < -0.3 is 84.7 Å². The number of esters is 4. The molecule has 570 valence electrons. The number of rotatable bonds is 20. The van der Waals surface area contributed by atoms with Crippen molar-refractivity contribution in [1.29, 1.82) is 0 Å². The van der Waals surface area contributed by atoms with E-state index < -0.39 is 120 Å². The van der Waals surface area contributed by atoms with Crippen molar-refractivity contribution in [3.8, 4) is 17.2 Å². The Bertz CT molecular complexity index is 3760. The highest BCUT2D eigenvalue weighted by Crippen LogP contribution is 2.50. The quantitative estimate of drug-likeness (QED) is 0.0142. The highest BCUT2D eigenvalue weighted by atomic mass is 35.5. The molecule has 3 heterocycles. The fourth-order valence-electron chi connectivity index (χ4n) is 13.7. The molecule has 0 spiro atoms. The van der Waals surface area contributed by atoms with Gasteiger partial charge in [0.05, 0.1) is 33.5 Å². The molecule has 10 N–H and O–H groups in total. The van der Waals surface area contributed by atoms with Crippen molar-refractivity contribution in [3.63, 3.8) is 0 Å². The maximum absolute atomic E-state index is 12.4. The number of carboxylic acids is 2. The Hall–Kier alpha value is -7.23. The molecule has 2 aliphatic heterocycles. The van der Waals surface area contributed by atoms with E-state index in [1.165, 1.54) is 37.5 Å². The standard InChI is InChI=1S/C23H19Cl2N3O4.2C23H36O7.C8H13NO2.2H2/c24-16-6-12(8-18(27)23(29)30)7-17(25)21(16)31-11-14-9-15(26)10-19-20(14)32-22(28-19)13-4-2-1-3-5-13;1-13(2)12-18(25)29-20-19(26)15(4)27-22(21(20)28-16(5)24)30-23(6,7)17-10-8-14(3)9-11-17;1-8-14(3)21(26)29-19-18(25)15(4)27-22(20(19)28-16(5)24)30-23(6,7)17-11-9-13(2)10-12-17;9-8(7(10)11)4-5-1-2-6(8)3-5;;/h1-7,9-10,18H,8,11,26-27H2,(H,29,30);8,12,15,17,19-22,26H,9-11H2,1-7H3;8-9,15,17-20,22,25H,10-12H2,1-7H3;5-6H,1-4,9H2,(H,10,11);2*1H/b;;14-8-;;;/t18-;;;;;/m0...../s1. The number of benzene rings is 3. The third-order valence-electron chi connectivity index (χ3n) is 20.0. The number of anilines is 1. The van der Waals surface area contributed by atoms with Crippen LogP contribution in [0.2, 0.25) is 10.0 Å². The van der Waals surface area contributed by atoms with Crippen LogP contribution >= 0.6 is 23.2 Å². The molecule has 4 aromatic rings. The van der Waals surface area contributed by atoms with E-state index in [0.29, 0.717) is 51.7 Å². The molecule has 4 fully saturated rings. The van der Waals surface area contributed by atoms with Gasteiger partial charge in [0.1, 0.15) is 35.9 Å². The largest absolute Gasteiger partial charge is 0.486 e. The lowest BCUT2D eigenvalue weighted by atomic mass is 9.79. The summed E-state index contributed by atoms with van der Waals surface area (Å²) < 4.78 is 58.2. The van der Waals surface area contributed by atoms with Crippen molar-refractivity contribution in [2.75, 3.05) is 5.73 Å². The van der Waals surface area contributed by atoms with Crippen molar-refractivity contribution in [2.45, 2.75) is 258 Å². The number of carbonyl (C=O) groups excluding carboxylic acids is 4. The monoisotopic (exact) mass is 1480 g/mol. The molecule has 2 bridgehead atoms. The fraction of sp³-hybridized carbons (Fsp3) is 0.571. The minimum Gasteiger partial charge on any atom is -0.486 e. The van der Waals surface area contributed by atoms with Gasteiger partial charge in [-0.05, 0) is 213 Å². The Morgan fingerprint density at radius 2 is 1.27 bits per heavy atom. The predicted molar refractivity (Wildman–Crippen MR) is 391 cm³/mol. The number of aliphatic carboxylic acids is 2. The maximum Gasteiger partial charge on any atom is 0.333 e. The average molecular weight is 1480 g/mol. The van der Waals surface area contributed by atoms with Crippen molar-refractivity contribution < 1.29 is 99.1 Å². The van der Waals surface area contributed by atoms with Gasteiger partial charge in [0.25, 0.3) is 0 Å². The third-order valence-corrected chi connectivity index (χ3v) is 20.5. The molecule has 4 aliphatic carbocycles. The topological polar surface area (TPSA) is 370 Å². The number of carbonyl (C=O) groups is 6. The van der Waals surface area contributed by atoms with E-state index in [1.807, 2.05) is 58.0 Å². The molecular weight excluding hydrogens is 1370 g/mol. The number of nitrogens with zero attached hydrogens (tertiary/aromatic N) is 1. The van der Waals surface area contributed by atoms with E-state index >= 15 is 0 Å². The summed E-state index contributed by atoms with van der Waals surface area (Å²) in [6, 6.07) is 15.1. The minimum atomic E-state index is -1.16. The summed E-state index contributed by atoms with van der Waals surface area (Å²) >= 11 is 12.7. The first kappa shape index (κ1) is 83.0. The first-order valence-electron chi connectivity index (χ1n) is 35.0. The number of nitrogens with two attached hydrogens (primary N) is 3. The zero-order valence-electron chi connectivity index (χ0n) is 61.4. The second kappa shape index (κ2) is 36.2. The number of oxazole rings is 1. The lowest BCUT2D eigenvalue weighted by Gasteiger charge is -2.46. The summed E-state index contributed by atoms with van der Waals surface area (Å²) in [6.07, 6.45) is 7.23. The summed E-state index contributed by atoms with van der Waals surface area (Å²) in [4.78, 5) is 74.5. The number of aromatic nitrogens is 1. The Morgan fingerprint density at radius 3 is 1.70 bits per heavy atom. The molecule has 10 rings (SSSR count). The summed E-state index contributed by atoms with van der Waals surface area (Å²) in [5, 5.41) is 39.6. The van der Waals surface area contributed by atoms with Crippen LogP contribution < -0.4 is 21.9 Å². The van der Waals surface area contributed by atoms with Crippen LogP contribution in [0.4, 0.5) is 5.69 Å². The molecule has 15 unspecified atom stereocenters. The Morgan fingerprint density at radius 1 is 0.748 bits per heavy atom. The zero-order chi connectivity index (χ0) is 76.2. The molecular formula is C77H108Cl2N4O20. The van der Waals surface area contributed by atoms with Crippen LogP contribution in [-0.2, 0) is 79.7 Å². The van der Waals surface area contributed by atoms with E-state index in [-0.39, 0.29) is 49.4 Å². The lowest BCUT2D eigenvalue weighted by Crippen LogP contribution is -2.61. The number of hydrogen-bond donors (Lipinski definition) is 7. The number of carboxylic acid groups (broad SMARTS) is 2. The summed E-state index contributed by atoms with van der Waals surface area (Å²) in [5.74, 6) is -2.14. The van der Waals surface area contributed by atoms with Gasteiger partial charge in [-0.2, -0.15) is 0 Å². The predicted octanol–water partition coefficient (Wildman–Crippen LogP) is 12.9. The fourth-order valence-corrected chi connectivity index (χ4v) is 14.4. The third kappa shape index (κ3) is 22.2. The van der Waals surface area contributed by atoms with Crippen molar-refractivity contribution in [1.82, 2.24) is 4.98 Å². The Labute approximate surface area is 615 Å². The molecule has 1 aromatic heterocycles. The number of ether oxygens (including phenoxy) is 9. The summed E-state index contributed by atoms with van der Waals surface area (Å²) in [7, 11) is 0. The van der Waals surface area contributed by atoms with Crippen LogP contribution in [0.1, 0.15) is 175 Å². The van der Waals surface area contributed by atoms with Crippen molar-refractivity contribution in [2.24, 2.45) is 35.1 Å². The number of fused-ring (bicyclic) bond motifs is 3. The lowest BCUT2D eigenvalue weighted by molar-refractivity contribution is -0.325.